The molecule has 0 fully saturated rings. The summed E-state index contributed by atoms with van der Waals surface area (Å²) in [6, 6.07) is 10.8. The maximum absolute atomic E-state index is 13.3. The Morgan fingerprint density at radius 2 is 1.96 bits per heavy atom. The highest BCUT2D eigenvalue weighted by Crippen LogP contribution is 2.28. The normalized spacial score (nSPS) is 10.5. The van der Waals surface area contributed by atoms with Crippen molar-refractivity contribution in [2.75, 3.05) is 7.11 Å². The molecule has 3 aromatic rings. The van der Waals surface area contributed by atoms with E-state index >= 15 is 0 Å². The van der Waals surface area contributed by atoms with Crippen molar-refractivity contribution in [1.29, 1.82) is 0 Å². The largest absolute Gasteiger partial charge is 0.497 e. The van der Waals surface area contributed by atoms with E-state index in [2.05, 4.69) is 4.98 Å². The molecule has 0 amide bonds. The molecule has 8 heteroatoms. The van der Waals surface area contributed by atoms with Crippen molar-refractivity contribution < 1.29 is 23.6 Å². The van der Waals surface area contributed by atoms with Gasteiger partial charge in [-0.25, -0.2) is 14.2 Å². The van der Waals surface area contributed by atoms with Gasteiger partial charge in [0.15, 0.2) is 0 Å². The Morgan fingerprint density at radius 3 is 2.68 bits per heavy atom. The summed E-state index contributed by atoms with van der Waals surface area (Å²) in [5, 5.41) is 11.7. The number of rotatable bonds is 4. The van der Waals surface area contributed by atoms with Gasteiger partial charge in [0, 0.05) is 17.5 Å². The number of halogens is 1. The Labute approximate surface area is 140 Å². The van der Waals surface area contributed by atoms with E-state index in [1.54, 1.807) is 24.3 Å². The van der Waals surface area contributed by atoms with Crippen LogP contribution in [0, 0.1) is 15.9 Å². The van der Waals surface area contributed by atoms with E-state index in [-0.39, 0.29) is 5.69 Å². The average Bonchev–Trinajstić information content (AvgIpc) is 2.60. The fourth-order valence-corrected chi connectivity index (χ4v) is 2.22. The summed E-state index contributed by atoms with van der Waals surface area (Å²) in [5.41, 5.74) is -0.0551. The molecule has 0 aliphatic heterocycles. The number of benzene rings is 2. The summed E-state index contributed by atoms with van der Waals surface area (Å²) in [6.45, 7) is 0. The molecule has 0 radical (unpaired) electrons. The fraction of sp³-hybridized carbons (Fsp3) is 0.0588. The minimum absolute atomic E-state index is 0.0590. The number of ether oxygens (including phenoxy) is 2. The van der Waals surface area contributed by atoms with Crippen LogP contribution in [0.15, 0.2) is 48.5 Å². The van der Waals surface area contributed by atoms with Crippen LogP contribution in [0.2, 0.25) is 0 Å². The molecule has 0 bridgehead atoms. The molecular formula is C17H11FN2O5. The van der Waals surface area contributed by atoms with Gasteiger partial charge < -0.3 is 9.47 Å². The van der Waals surface area contributed by atoms with Gasteiger partial charge in [0.1, 0.15) is 17.3 Å². The highest BCUT2D eigenvalue weighted by molar-refractivity contribution is 5.93. The van der Waals surface area contributed by atoms with Crippen molar-refractivity contribution >= 4 is 22.6 Å². The Hall–Kier alpha value is -3.55. The number of hydrogen-bond donors (Lipinski definition) is 0. The number of esters is 1. The van der Waals surface area contributed by atoms with Crippen molar-refractivity contribution in [1.82, 2.24) is 4.98 Å². The van der Waals surface area contributed by atoms with Crippen LogP contribution in [-0.4, -0.2) is 23.0 Å². The van der Waals surface area contributed by atoms with E-state index in [4.69, 9.17) is 9.47 Å². The van der Waals surface area contributed by atoms with Crippen LogP contribution in [0.25, 0.3) is 10.9 Å². The van der Waals surface area contributed by atoms with E-state index in [0.717, 1.165) is 23.6 Å². The van der Waals surface area contributed by atoms with Gasteiger partial charge in [0.05, 0.1) is 17.5 Å². The summed E-state index contributed by atoms with van der Waals surface area (Å²) in [6.07, 6.45) is 0. The predicted molar refractivity (Wildman–Crippen MR) is 86.3 cm³/mol. The average molecular weight is 342 g/mol. The Morgan fingerprint density at radius 1 is 1.16 bits per heavy atom. The number of fused-ring (bicyclic) bond motifs is 1. The summed E-state index contributed by atoms with van der Waals surface area (Å²) in [5.74, 6) is -1.52. The second kappa shape index (κ2) is 6.52. The number of nitrogens with zero attached hydrogens (tertiary/aromatic N) is 2. The zero-order chi connectivity index (χ0) is 18.0. The third kappa shape index (κ3) is 3.37. The molecule has 0 aliphatic rings. The predicted octanol–water partition coefficient (Wildman–Crippen LogP) is 3.51. The molecule has 25 heavy (non-hydrogen) atoms. The van der Waals surface area contributed by atoms with Gasteiger partial charge in [0.25, 0.3) is 0 Å². The van der Waals surface area contributed by atoms with E-state index < -0.39 is 28.1 Å². The molecule has 0 N–H and O–H groups in total. The summed E-state index contributed by atoms with van der Waals surface area (Å²) in [7, 11) is 1.53. The van der Waals surface area contributed by atoms with E-state index in [0.29, 0.717) is 11.3 Å². The van der Waals surface area contributed by atoms with Crippen LogP contribution >= 0.6 is 0 Å². The zero-order valence-corrected chi connectivity index (χ0v) is 12.9. The van der Waals surface area contributed by atoms with Gasteiger partial charge in [-0.05, 0) is 30.3 Å². The number of nitro groups is 1. The van der Waals surface area contributed by atoms with Crippen molar-refractivity contribution in [3.05, 3.63) is 70.2 Å². The standard InChI is InChI=1S/C17H11FN2O5/c1-24-12-4-6-13-10(8-12)2-5-14(19-13)17(21)25-16-9-11(18)3-7-15(16)20(22)23/h2-9H,1H3. The lowest BCUT2D eigenvalue weighted by Gasteiger charge is -2.06. The smallest absolute Gasteiger partial charge is 0.362 e. The zero-order valence-electron chi connectivity index (χ0n) is 12.9. The van der Waals surface area contributed by atoms with Crippen molar-refractivity contribution in [2.45, 2.75) is 0 Å². The monoisotopic (exact) mass is 342 g/mol. The number of pyridine rings is 1. The molecule has 126 valence electrons. The van der Waals surface area contributed by atoms with Crippen LogP contribution in [0.3, 0.4) is 0 Å². The molecule has 3 rings (SSSR count). The second-order valence-electron chi connectivity index (χ2n) is 5.01. The molecule has 0 saturated heterocycles. The molecule has 7 nitrogen and oxygen atoms in total. The number of methoxy groups -OCH3 is 1. The van der Waals surface area contributed by atoms with Gasteiger partial charge in [-0.2, -0.15) is 0 Å². The molecular weight excluding hydrogens is 331 g/mol. The van der Waals surface area contributed by atoms with E-state index in [1.165, 1.54) is 13.2 Å². The molecule has 1 aromatic heterocycles. The van der Waals surface area contributed by atoms with Crippen LogP contribution < -0.4 is 9.47 Å². The topological polar surface area (TPSA) is 91.6 Å². The first-order valence-electron chi connectivity index (χ1n) is 7.09. The first-order chi connectivity index (χ1) is 12.0. The molecule has 1 heterocycles. The van der Waals surface area contributed by atoms with E-state index in [9.17, 15) is 19.3 Å². The highest BCUT2D eigenvalue weighted by atomic mass is 19.1. The van der Waals surface area contributed by atoms with Crippen molar-refractivity contribution in [3.63, 3.8) is 0 Å². The highest BCUT2D eigenvalue weighted by Gasteiger charge is 2.20. The van der Waals surface area contributed by atoms with Crippen LogP contribution in [0.5, 0.6) is 11.5 Å². The van der Waals surface area contributed by atoms with Crippen LogP contribution in [0.1, 0.15) is 10.5 Å². The van der Waals surface area contributed by atoms with Crippen LogP contribution in [-0.2, 0) is 0 Å². The first kappa shape index (κ1) is 16.3. The first-order valence-corrected chi connectivity index (χ1v) is 7.09. The molecule has 0 aliphatic carbocycles. The van der Waals surface area contributed by atoms with Gasteiger partial charge in [-0.3, -0.25) is 10.1 Å². The third-order valence-corrected chi connectivity index (χ3v) is 3.43. The van der Waals surface area contributed by atoms with Crippen molar-refractivity contribution in [3.8, 4) is 11.5 Å². The summed E-state index contributed by atoms with van der Waals surface area (Å²) < 4.78 is 23.4. The lowest BCUT2D eigenvalue weighted by molar-refractivity contribution is -0.385. The second-order valence-corrected chi connectivity index (χ2v) is 5.01. The molecule has 0 spiro atoms. The maximum atomic E-state index is 13.3. The molecule has 0 saturated carbocycles. The third-order valence-electron chi connectivity index (χ3n) is 3.43. The Bertz CT molecular complexity index is 990. The SMILES string of the molecule is COc1ccc2nc(C(=O)Oc3cc(F)ccc3[N+](=O)[O-])ccc2c1. The maximum Gasteiger partial charge on any atom is 0.362 e. The quantitative estimate of drug-likeness (QED) is 0.312. The molecule has 0 atom stereocenters. The van der Waals surface area contributed by atoms with Gasteiger partial charge in [-0.15, -0.1) is 0 Å². The number of hydrogen-bond acceptors (Lipinski definition) is 6. The Kier molecular flexibility index (Phi) is 4.25. The number of nitro benzene ring substituents is 1. The minimum Gasteiger partial charge on any atom is -0.497 e. The molecule has 2 aromatic carbocycles. The summed E-state index contributed by atoms with van der Waals surface area (Å²) >= 11 is 0. The Balaban J connectivity index is 1.92. The van der Waals surface area contributed by atoms with Gasteiger partial charge in [-0.1, -0.05) is 6.07 Å². The van der Waals surface area contributed by atoms with Gasteiger partial charge >= 0.3 is 11.7 Å². The lowest BCUT2D eigenvalue weighted by Crippen LogP contribution is -2.11. The number of carbonyl (C=O) groups is 1. The van der Waals surface area contributed by atoms with Crippen molar-refractivity contribution in [2.24, 2.45) is 0 Å². The fourth-order valence-electron chi connectivity index (χ4n) is 2.22. The number of aromatic nitrogens is 1. The van der Waals surface area contributed by atoms with Gasteiger partial charge in [0.2, 0.25) is 5.75 Å². The summed E-state index contributed by atoms with van der Waals surface area (Å²) in [4.78, 5) is 26.6. The minimum atomic E-state index is -0.925. The van der Waals surface area contributed by atoms with Crippen LogP contribution in [0.4, 0.5) is 10.1 Å². The lowest BCUT2D eigenvalue weighted by atomic mass is 10.2. The molecule has 0 unspecified atom stereocenters. The van der Waals surface area contributed by atoms with E-state index in [1.807, 2.05) is 0 Å². The number of carbonyl (C=O) groups excluding carboxylic acids is 1.